The van der Waals surface area contributed by atoms with Crippen LogP contribution in [-0.4, -0.2) is 24.5 Å². The summed E-state index contributed by atoms with van der Waals surface area (Å²) in [4.78, 5) is 1.64. The lowest BCUT2D eigenvalue weighted by molar-refractivity contribution is 0.499. The van der Waals surface area contributed by atoms with Gasteiger partial charge in [0.25, 0.3) is 0 Å². The Morgan fingerprint density at radius 3 is 2.50 bits per heavy atom. The van der Waals surface area contributed by atoms with Gasteiger partial charge in [-0.1, -0.05) is 12.1 Å². The molecule has 0 unspecified atom stereocenters. The summed E-state index contributed by atoms with van der Waals surface area (Å²) in [7, 11) is 1.76. The van der Waals surface area contributed by atoms with Gasteiger partial charge >= 0.3 is 0 Å². The summed E-state index contributed by atoms with van der Waals surface area (Å²) < 4.78 is 12.5. The van der Waals surface area contributed by atoms with E-state index in [1.54, 1.807) is 24.1 Å². The number of guanidine groups is 1. The van der Waals surface area contributed by atoms with Gasteiger partial charge in [0, 0.05) is 13.6 Å². The molecule has 0 fully saturated rings. The second-order valence-corrected chi connectivity index (χ2v) is 3.18. The monoisotopic (exact) mass is 195 g/mol. The lowest BCUT2D eigenvalue weighted by atomic mass is 10.1. The van der Waals surface area contributed by atoms with Crippen LogP contribution in [0, 0.1) is 11.2 Å². The molecule has 1 rings (SSSR count). The molecule has 1 aromatic rings. The first-order valence-corrected chi connectivity index (χ1v) is 4.39. The molecule has 0 amide bonds. The Hall–Kier alpha value is -1.58. The summed E-state index contributed by atoms with van der Waals surface area (Å²) in [5, 5.41) is 7.14. The fourth-order valence-corrected chi connectivity index (χ4v) is 1.07. The number of hydrogen-bond acceptors (Lipinski definition) is 1. The summed E-state index contributed by atoms with van der Waals surface area (Å²) >= 11 is 0. The molecule has 0 atom stereocenters. The fraction of sp³-hybridized carbons (Fsp3) is 0.300. The van der Waals surface area contributed by atoms with E-state index in [0.29, 0.717) is 6.54 Å². The number of hydrogen-bond donors (Lipinski definition) is 2. The molecule has 0 aliphatic heterocycles. The predicted molar refractivity (Wildman–Crippen MR) is 54.6 cm³/mol. The minimum absolute atomic E-state index is 0.0483. The normalized spacial score (nSPS) is 9.86. The molecule has 0 saturated heterocycles. The van der Waals surface area contributed by atoms with Gasteiger partial charge in [0.1, 0.15) is 5.82 Å². The van der Waals surface area contributed by atoms with E-state index >= 15 is 0 Å². The van der Waals surface area contributed by atoms with Crippen LogP contribution in [0.5, 0.6) is 0 Å². The topological polar surface area (TPSA) is 53.1 Å². The van der Waals surface area contributed by atoms with Gasteiger partial charge in [-0.2, -0.15) is 0 Å². The Morgan fingerprint density at radius 1 is 1.43 bits per heavy atom. The fourth-order valence-electron chi connectivity index (χ4n) is 1.07. The molecule has 3 N–H and O–H groups in total. The Morgan fingerprint density at radius 2 is 2.00 bits per heavy atom. The molecule has 0 aliphatic carbocycles. The average molecular weight is 195 g/mol. The van der Waals surface area contributed by atoms with Crippen molar-refractivity contribution in [1.29, 1.82) is 5.41 Å². The van der Waals surface area contributed by atoms with Gasteiger partial charge in [-0.25, -0.2) is 4.39 Å². The van der Waals surface area contributed by atoms with Crippen LogP contribution < -0.4 is 5.73 Å². The molecule has 14 heavy (non-hydrogen) atoms. The number of nitrogens with two attached hydrogens (primary N) is 1. The highest BCUT2D eigenvalue weighted by molar-refractivity contribution is 5.74. The summed E-state index contributed by atoms with van der Waals surface area (Å²) in [5.74, 6) is -0.180. The van der Waals surface area contributed by atoms with Gasteiger partial charge in [0.2, 0.25) is 0 Å². The Bertz CT molecular complexity index is 308. The molecular formula is C10H14FN3. The van der Waals surface area contributed by atoms with Gasteiger partial charge < -0.3 is 10.6 Å². The van der Waals surface area contributed by atoms with E-state index in [1.165, 1.54) is 12.1 Å². The van der Waals surface area contributed by atoms with Gasteiger partial charge in [-0.3, -0.25) is 5.41 Å². The van der Waals surface area contributed by atoms with E-state index in [9.17, 15) is 4.39 Å². The molecule has 0 heterocycles. The summed E-state index contributed by atoms with van der Waals surface area (Å²) in [6, 6.07) is 6.35. The highest BCUT2D eigenvalue weighted by atomic mass is 19.1. The van der Waals surface area contributed by atoms with Crippen molar-refractivity contribution in [3.8, 4) is 0 Å². The van der Waals surface area contributed by atoms with Gasteiger partial charge in [0.05, 0.1) is 0 Å². The zero-order valence-electron chi connectivity index (χ0n) is 8.13. The van der Waals surface area contributed by atoms with E-state index < -0.39 is 0 Å². The van der Waals surface area contributed by atoms with Crippen molar-refractivity contribution in [1.82, 2.24) is 4.90 Å². The van der Waals surface area contributed by atoms with E-state index in [1.807, 2.05) is 0 Å². The van der Waals surface area contributed by atoms with Crippen molar-refractivity contribution < 1.29 is 4.39 Å². The van der Waals surface area contributed by atoms with Crippen LogP contribution in [0.15, 0.2) is 24.3 Å². The zero-order chi connectivity index (χ0) is 10.6. The van der Waals surface area contributed by atoms with E-state index in [2.05, 4.69) is 0 Å². The molecule has 0 radical (unpaired) electrons. The molecular weight excluding hydrogens is 181 g/mol. The van der Waals surface area contributed by atoms with E-state index in [-0.39, 0.29) is 11.8 Å². The second-order valence-electron chi connectivity index (χ2n) is 3.18. The quantitative estimate of drug-likeness (QED) is 0.562. The first-order chi connectivity index (χ1) is 6.59. The maximum atomic E-state index is 12.5. The van der Waals surface area contributed by atoms with Gasteiger partial charge in [-0.05, 0) is 24.1 Å². The second kappa shape index (κ2) is 4.60. The lowest BCUT2D eigenvalue weighted by Gasteiger charge is -2.16. The van der Waals surface area contributed by atoms with E-state index in [0.717, 1.165) is 12.0 Å². The number of rotatable bonds is 3. The molecule has 0 saturated carbocycles. The highest BCUT2D eigenvalue weighted by Crippen LogP contribution is 2.03. The van der Waals surface area contributed by atoms with Crippen molar-refractivity contribution in [2.45, 2.75) is 6.42 Å². The first-order valence-electron chi connectivity index (χ1n) is 4.39. The SMILES string of the molecule is CN(CCc1ccc(F)cc1)C(=N)N. The van der Waals surface area contributed by atoms with Crippen LogP contribution in [-0.2, 0) is 6.42 Å². The smallest absolute Gasteiger partial charge is 0.188 e. The zero-order valence-corrected chi connectivity index (χ0v) is 8.13. The third-order valence-corrected chi connectivity index (χ3v) is 2.06. The third kappa shape index (κ3) is 3.05. The Balaban J connectivity index is 2.46. The molecule has 0 bridgehead atoms. The third-order valence-electron chi connectivity index (χ3n) is 2.06. The van der Waals surface area contributed by atoms with Crippen LogP contribution in [0.2, 0.25) is 0 Å². The van der Waals surface area contributed by atoms with Crippen molar-refractivity contribution in [3.05, 3.63) is 35.6 Å². The minimum Gasteiger partial charge on any atom is -0.370 e. The average Bonchev–Trinajstić information content (AvgIpc) is 2.16. The van der Waals surface area contributed by atoms with Crippen molar-refractivity contribution >= 4 is 5.96 Å². The predicted octanol–water partition coefficient (Wildman–Crippen LogP) is 1.19. The number of likely N-dealkylation sites (N-methyl/N-ethyl adjacent to an activating group) is 1. The molecule has 0 spiro atoms. The minimum atomic E-state index is -0.228. The molecule has 0 aromatic heterocycles. The van der Waals surface area contributed by atoms with E-state index in [4.69, 9.17) is 11.1 Å². The molecule has 4 heteroatoms. The van der Waals surface area contributed by atoms with Crippen molar-refractivity contribution in [2.24, 2.45) is 5.73 Å². The molecule has 76 valence electrons. The molecule has 0 aliphatic rings. The first kappa shape index (κ1) is 10.5. The summed E-state index contributed by atoms with van der Waals surface area (Å²) in [6.45, 7) is 0.668. The van der Waals surface area contributed by atoms with Crippen molar-refractivity contribution in [3.63, 3.8) is 0 Å². The number of nitrogens with one attached hydrogen (secondary N) is 1. The standard InChI is InChI=1S/C10H14FN3/c1-14(10(12)13)7-6-8-2-4-9(11)5-3-8/h2-5H,6-7H2,1H3,(H3,12,13). The van der Waals surface area contributed by atoms with Crippen LogP contribution >= 0.6 is 0 Å². The number of benzene rings is 1. The van der Waals surface area contributed by atoms with Crippen LogP contribution in [0.4, 0.5) is 4.39 Å². The van der Waals surface area contributed by atoms with Gasteiger partial charge in [0.15, 0.2) is 5.96 Å². The molecule has 1 aromatic carbocycles. The maximum absolute atomic E-state index is 12.5. The Labute approximate surface area is 82.8 Å². The van der Waals surface area contributed by atoms with Crippen LogP contribution in [0.1, 0.15) is 5.56 Å². The molecule has 3 nitrogen and oxygen atoms in total. The van der Waals surface area contributed by atoms with Crippen molar-refractivity contribution in [2.75, 3.05) is 13.6 Å². The lowest BCUT2D eigenvalue weighted by Crippen LogP contribution is -2.34. The summed E-state index contributed by atoms with van der Waals surface area (Å²) in [6.07, 6.45) is 0.760. The number of nitrogens with zero attached hydrogens (tertiary/aromatic N) is 1. The highest BCUT2D eigenvalue weighted by Gasteiger charge is 2.00. The van der Waals surface area contributed by atoms with Gasteiger partial charge in [-0.15, -0.1) is 0 Å². The largest absolute Gasteiger partial charge is 0.370 e. The van der Waals surface area contributed by atoms with Crippen LogP contribution in [0.25, 0.3) is 0 Å². The Kier molecular flexibility index (Phi) is 3.45. The van der Waals surface area contributed by atoms with Crippen LogP contribution in [0.3, 0.4) is 0 Å². The number of halogens is 1. The maximum Gasteiger partial charge on any atom is 0.188 e. The summed E-state index contributed by atoms with van der Waals surface area (Å²) in [5.41, 5.74) is 6.31.